The van der Waals surface area contributed by atoms with Crippen LogP contribution < -0.4 is 5.32 Å². The molecule has 0 saturated heterocycles. The maximum atomic E-state index is 3.87. The van der Waals surface area contributed by atoms with Gasteiger partial charge in [-0.15, -0.1) is 0 Å². The molecule has 0 unspecified atom stereocenters. The summed E-state index contributed by atoms with van der Waals surface area (Å²) >= 11 is 0. The Bertz CT molecular complexity index is 987. The maximum Gasteiger partial charge on any atom is 0.0216 e. The van der Waals surface area contributed by atoms with Crippen molar-refractivity contribution in [2.75, 3.05) is 0 Å². The van der Waals surface area contributed by atoms with E-state index in [9.17, 15) is 0 Å². The molecule has 4 aromatic carbocycles. The standard InChI is InChI=1S/C24H27N/c1-4-24(5-2,6-3)25-16-20-13-12-19-11-10-17-8-7-9-18-14-15-21(20)23(19)22(17)18/h7-15,25H,4-6,16H2,1-3H3. The van der Waals surface area contributed by atoms with Gasteiger partial charge in [0.2, 0.25) is 0 Å². The minimum atomic E-state index is 0.254. The summed E-state index contributed by atoms with van der Waals surface area (Å²) in [6.07, 6.45) is 3.52. The van der Waals surface area contributed by atoms with Crippen molar-refractivity contribution in [2.45, 2.75) is 52.1 Å². The van der Waals surface area contributed by atoms with Crippen molar-refractivity contribution >= 4 is 32.3 Å². The number of rotatable bonds is 6. The van der Waals surface area contributed by atoms with Crippen molar-refractivity contribution in [3.8, 4) is 0 Å². The van der Waals surface area contributed by atoms with Crippen LogP contribution in [-0.4, -0.2) is 5.54 Å². The van der Waals surface area contributed by atoms with E-state index in [0.717, 1.165) is 6.54 Å². The second-order valence-corrected chi connectivity index (χ2v) is 7.28. The molecule has 128 valence electrons. The lowest BCUT2D eigenvalue weighted by Crippen LogP contribution is -2.43. The van der Waals surface area contributed by atoms with E-state index in [0.29, 0.717) is 0 Å². The number of benzene rings is 4. The number of hydrogen-bond donors (Lipinski definition) is 1. The zero-order chi connectivity index (χ0) is 17.4. The summed E-state index contributed by atoms with van der Waals surface area (Å²) in [6, 6.07) is 20.3. The second-order valence-electron chi connectivity index (χ2n) is 7.28. The highest BCUT2D eigenvalue weighted by molar-refractivity contribution is 6.23. The van der Waals surface area contributed by atoms with E-state index in [1.807, 2.05) is 0 Å². The lowest BCUT2D eigenvalue weighted by atomic mass is 9.88. The SMILES string of the molecule is CCC(CC)(CC)NCc1ccc2ccc3cccc4ccc1c2c34. The van der Waals surface area contributed by atoms with Gasteiger partial charge in [0.05, 0.1) is 0 Å². The van der Waals surface area contributed by atoms with Crippen molar-refractivity contribution in [3.63, 3.8) is 0 Å². The predicted octanol–water partition coefficient (Wildman–Crippen LogP) is 6.64. The molecular formula is C24H27N. The molecule has 1 heteroatoms. The molecular weight excluding hydrogens is 302 g/mol. The topological polar surface area (TPSA) is 12.0 Å². The van der Waals surface area contributed by atoms with Crippen LogP contribution in [0.1, 0.15) is 45.6 Å². The zero-order valence-corrected chi connectivity index (χ0v) is 15.5. The van der Waals surface area contributed by atoms with Crippen LogP contribution in [-0.2, 0) is 6.54 Å². The van der Waals surface area contributed by atoms with Crippen LogP contribution in [0.5, 0.6) is 0 Å². The third kappa shape index (κ3) is 2.58. The first-order valence-electron chi connectivity index (χ1n) is 9.62. The summed E-state index contributed by atoms with van der Waals surface area (Å²) in [5.41, 5.74) is 1.66. The first-order valence-corrected chi connectivity index (χ1v) is 9.62. The van der Waals surface area contributed by atoms with Crippen molar-refractivity contribution in [3.05, 3.63) is 60.2 Å². The predicted molar refractivity (Wildman–Crippen MR) is 111 cm³/mol. The molecule has 0 aliphatic carbocycles. The summed E-state index contributed by atoms with van der Waals surface area (Å²) in [4.78, 5) is 0. The molecule has 0 amide bonds. The lowest BCUT2D eigenvalue weighted by Gasteiger charge is -2.32. The first kappa shape index (κ1) is 16.4. The fourth-order valence-corrected chi connectivity index (χ4v) is 4.36. The highest BCUT2D eigenvalue weighted by Gasteiger charge is 2.23. The molecule has 0 atom stereocenters. The Morgan fingerprint density at radius 3 is 1.88 bits per heavy atom. The van der Waals surface area contributed by atoms with Crippen LogP contribution in [0.15, 0.2) is 54.6 Å². The summed E-state index contributed by atoms with van der Waals surface area (Å²) in [5, 5.41) is 12.1. The van der Waals surface area contributed by atoms with Crippen LogP contribution in [0.25, 0.3) is 32.3 Å². The van der Waals surface area contributed by atoms with Gasteiger partial charge in [0.1, 0.15) is 0 Å². The average Bonchev–Trinajstić information content (AvgIpc) is 2.68. The Kier molecular flexibility index (Phi) is 4.13. The van der Waals surface area contributed by atoms with E-state index in [4.69, 9.17) is 0 Å². The van der Waals surface area contributed by atoms with E-state index in [2.05, 4.69) is 80.7 Å². The molecule has 0 aliphatic heterocycles. The zero-order valence-electron chi connectivity index (χ0n) is 15.5. The van der Waals surface area contributed by atoms with E-state index >= 15 is 0 Å². The molecule has 0 spiro atoms. The van der Waals surface area contributed by atoms with E-state index in [1.165, 1.54) is 57.1 Å². The van der Waals surface area contributed by atoms with Gasteiger partial charge in [-0.3, -0.25) is 0 Å². The maximum absolute atomic E-state index is 3.87. The fourth-order valence-electron chi connectivity index (χ4n) is 4.36. The third-order valence-electron chi connectivity index (χ3n) is 6.30. The molecule has 0 aliphatic rings. The monoisotopic (exact) mass is 329 g/mol. The van der Waals surface area contributed by atoms with Crippen LogP contribution >= 0.6 is 0 Å². The summed E-state index contributed by atoms with van der Waals surface area (Å²) in [5.74, 6) is 0. The molecule has 0 bridgehead atoms. The Morgan fingerprint density at radius 2 is 1.24 bits per heavy atom. The number of hydrogen-bond acceptors (Lipinski definition) is 1. The van der Waals surface area contributed by atoms with Crippen molar-refractivity contribution < 1.29 is 0 Å². The van der Waals surface area contributed by atoms with Gasteiger partial charge in [0, 0.05) is 12.1 Å². The van der Waals surface area contributed by atoms with Gasteiger partial charge in [-0.25, -0.2) is 0 Å². The van der Waals surface area contributed by atoms with Gasteiger partial charge >= 0.3 is 0 Å². The normalized spacial score (nSPS) is 12.6. The quantitative estimate of drug-likeness (QED) is 0.391. The Balaban J connectivity index is 1.85. The first-order chi connectivity index (χ1) is 12.2. The van der Waals surface area contributed by atoms with Gasteiger partial charge in [-0.1, -0.05) is 75.4 Å². The summed E-state index contributed by atoms with van der Waals surface area (Å²) < 4.78 is 0. The molecule has 4 rings (SSSR count). The van der Waals surface area contributed by atoms with E-state index in [-0.39, 0.29) is 5.54 Å². The van der Waals surface area contributed by atoms with Gasteiger partial charge < -0.3 is 5.32 Å². The van der Waals surface area contributed by atoms with Gasteiger partial charge in [0.25, 0.3) is 0 Å². The molecule has 1 nitrogen and oxygen atoms in total. The van der Waals surface area contributed by atoms with E-state index in [1.54, 1.807) is 0 Å². The molecule has 0 radical (unpaired) electrons. The Hall–Kier alpha value is -2.12. The fraction of sp³-hybridized carbons (Fsp3) is 0.333. The number of nitrogens with one attached hydrogen (secondary N) is 1. The molecule has 0 aromatic heterocycles. The van der Waals surface area contributed by atoms with Crippen LogP contribution in [0.3, 0.4) is 0 Å². The lowest BCUT2D eigenvalue weighted by molar-refractivity contribution is 0.288. The molecule has 25 heavy (non-hydrogen) atoms. The third-order valence-corrected chi connectivity index (χ3v) is 6.30. The Morgan fingerprint density at radius 1 is 0.680 bits per heavy atom. The second kappa shape index (κ2) is 6.31. The van der Waals surface area contributed by atoms with Crippen LogP contribution in [0, 0.1) is 0 Å². The minimum absolute atomic E-state index is 0.254. The van der Waals surface area contributed by atoms with Crippen molar-refractivity contribution in [1.29, 1.82) is 0 Å². The highest BCUT2D eigenvalue weighted by Crippen LogP contribution is 2.36. The molecule has 0 saturated carbocycles. The summed E-state index contributed by atoms with van der Waals surface area (Å²) in [6.45, 7) is 7.82. The largest absolute Gasteiger partial charge is 0.307 e. The van der Waals surface area contributed by atoms with E-state index < -0.39 is 0 Å². The minimum Gasteiger partial charge on any atom is -0.307 e. The van der Waals surface area contributed by atoms with Gasteiger partial charge in [-0.2, -0.15) is 0 Å². The highest BCUT2D eigenvalue weighted by atomic mass is 15.0. The van der Waals surface area contributed by atoms with Crippen LogP contribution in [0.4, 0.5) is 0 Å². The molecule has 1 N–H and O–H groups in total. The van der Waals surface area contributed by atoms with Gasteiger partial charge in [-0.05, 0) is 57.1 Å². The van der Waals surface area contributed by atoms with Gasteiger partial charge in [0.15, 0.2) is 0 Å². The molecule has 0 fully saturated rings. The summed E-state index contributed by atoms with van der Waals surface area (Å²) in [7, 11) is 0. The molecule has 0 heterocycles. The smallest absolute Gasteiger partial charge is 0.0216 e. The molecule has 4 aromatic rings. The van der Waals surface area contributed by atoms with Crippen LogP contribution in [0.2, 0.25) is 0 Å². The van der Waals surface area contributed by atoms with Crippen molar-refractivity contribution in [2.24, 2.45) is 0 Å². The Labute approximate surface area is 150 Å². The van der Waals surface area contributed by atoms with Crippen molar-refractivity contribution in [1.82, 2.24) is 5.32 Å². The average molecular weight is 329 g/mol.